The van der Waals surface area contributed by atoms with Crippen molar-refractivity contribution >= 4 is 5.97 Å². The van der Waals surface area contributed by atoms with Crippen LogP contribution >= 0.6 is 0 Å². The highest BCUT2D eigenvalue weighted by Gasteiger charge is 2.14. The average molecular weight is 271 g/mol. The third-order valence-electron chi connectivity index (χ3n) is 3.42. The Kier molecular flexibility index (Phi) is 4.61. The van der Waals surface area contributed by atoms with Crippen molar-refractivity contribution in [2.45, 2.75) is 33.2 Å². The molecule has 20 heavy (non-hydrogen) atoms. The molecule has 0 N–H and O–H groups in total. The van der Waals surface area contributed by atoms with Gasteiger partial charge in [0.1, 0.15) is 5.69 Å². The van der Waals surface area contributed by atoms with Crippen LogP contribution < -0.4 is 0 Å². The molecule has 1 aromatic carbocycles. The number of hydrogen-bond acceptors (Lipinski definition) is 2. The number of benzene rings is 1. The van der Waals surface area contributed by atoms with Gasteiger partial charge in [0, 0.05) is 18.7 Å². The first-order chi connectivity index (χ1) is 9.65. The Morgan fingerprint density at radius 2 is 1.85 bits per heavy atom. The Morgan fingerprint density at radius 3 is 2.45 bits per heavy atom. The molecule has 0 aliphatic heterocycles. The summed E-state index contributed by atoms with van der Waals surface area (Å²) in [5.41, 5.74) is 4.29. The smallest absolute Gasteiger partial charge is 0.354 e. The van der Waals surface area contributed by atoms with Crippen molar-refractivity contribution in [1.82, 2.24) is 4.57 Å². The molecule has 2 aromatic rings. The molecule has 0 unspecified atom stereocenters. The molecule has 0 atom stereocenters. The molecular formula is C17H21NO2. The number of ether oxygens (including phenoxy) is 1. The first-order valence-corrected chi connectivity index (χ1v) is 6.98. The molecule has 3 heteroatoms. The summed E-state index contributed by atoms with van der Waals surface area (Å²) in [6, 6.07) is 12.4. The quantitative estimate of drug-likeness (QED) is 0.778. The molecule has 0 saturated heterocycles. The minimum Gasteiger partial charge on any atom is -0.464 e. The van der Waals surface area contributed by atoms with Crippen LogP contribution in [0, 0.1) is 6.92 Å². The van der Waals surface area contributed by atoms with Gasteiger partial charge in [0.15, 0.2) is 0 Å². The zero-order chi connectivity index (χ0) is 14.5. The molecule has 0 radical (unpaired) electrons. The van der Waals surface area contributed by atoms with Crippen molar-refractivity contribution in [1.29, 1.82) is 0 Å². The van der Waals surface area contributed by atoms with E-state index in [4.69, 9.17) is 4.74 Å². The lowest BCUT2D eigenvalue weighted by atomic mass is 10.1. The first-order valence-electron chi connectivity index (χ1n) is 6.98. The van der Waals surface area contributed by atoms with Crippen LogP contribution in [0.2, 0.25) is 0 Å². The van der Waals surface area contributed by atoms with E-state index in [0.717, 1.165) is 25.1 Å². The van der Waals surface area contributed by atoms with Crippen LogP contribution in [0.1, 0.15) is 40.7 Å². The largest absolute Gasteiger partial charge is 0.464 e. The number of carbonyl (C=O) groups is 1. The molecule has 0 fully saturated rings. The highest BCUT2D eigenvalue weighted by molar-refractivity contribution is 5.87. The van der Waals surface area contributed by atoms with Crippen molar-refractivity contribution in [2.24, 2.45) is 0 Å². The standard InChI is InChI=1S/C17H21NO2/c1-4-11-18-15(9-10-16(18)17(19)20-3)12-14-7-5-13(2)6-8-14/h5-10H,4,11-12H2,1-3H3. The van der Waals surface area contributed by atoms with Crippen LogP contribution in [0.25, 0.3) is 0 Å². The number of methoxy groups -OCH3 is 1. The summed E-state index contributed by atoms with van der Waals surface area (Å²) in [6.07, 6.45) is 1.82. The van der Waals surface area contributed by atoms with E-state index in [-0.39, 0.29) is 5.97 Å². The predicted molar refractivity (Wildman–Crippen MR) is 80.0 cm³/mol. The van der Waals surface area contributed by atoms with E-state index in [1.807, 2.05) is 12.1 Å². The van der Waals surface area contributed by atoms with E-state index in [1.54, 1.807) is 0 Å². The zero-order valence-corrected chi connectivity index (χ0v) is 12.3. The van der Waals surface area contributed by atoms with Crippen molar-refractivity contribution in [3.63, 3.8) is 0 Å². The maximum atomic E-state index is 11.8. The maximum absolute atomic E-state index is 11.8. The fraction of sp³-hybridized carbons (Fsp3) is 0.353. The van der Waals surface area contributed by atoms with Crippen LogP contribution in [0.5, 0.6) is 0 Å². The summed E-state index contributed by atoms with van der Waals surface area (Å²) in [7, 11) is 1.42. The van der Waals surface area contributed by atoms with Crippen LogP contribution in [0.4, 0.5) is 0 Å². The fourth-order valence-electron chi connectivity index (χ4n) is 2.35. The molecule has 1 heterocycles. The van der Waals surface area contributed by atoms with Gasteiger partial charge in [0.05, 0.1) is 7.11 Å². The number of rotatable bonds is 5. The van der Waals surface area contributed by atoms with Crippen molar-refractivity contribution in [3.8, 4) is 0 Å². The Bertz CT molecular complexity index is 582. The number of carbonyl (C=O) groups excluding carboxylic acids is 1. The van der Waals surface area contributed by atoms with E-state index < -0.39 is 0 Å². The molecule has 106 valence electrons. The van der Waals surface area contributed by atoms with Crippen LogP contribution in [0.3, 0.4) is 0 Å². The van der Waals surface area contributed by atoms with Crippen LogP contribution in [-0.4, -0.2) is 17.6 Å². The van der Waals surface area contributed by atoms with E-state index in [1.165, 1.54) is 18.2 Å². The highest BCUT2D eigenvalue weighted by atomic mass is 16.5. The Hall–Kier alpha value is -2.03. The second kappa shape index (κ2) is 6.42. The topological polar surface area (TPSA) is 31.2 Å². The number of nitrogens with zero attached hydrogens (tertiary/aromatic N) is 1. The van der Waals surface area contributed by atoms with Gasteiger partial charge in [0.2, 0.25) is 0 Å². The van der Waals surface area contributed by atoms with E-state index >= 15 is 0 Å². The monoisotopic (exact) mass is 271 g/mol. The molecular weight excluding hydrogens is 250 g/mol. The lowest BCUT2D eigenvalue weighted by Gasteiger charge is -2.11. The first kappa shape index (κ1) is 14.4. The normalized spacial score (nSPS) is 10.6. The molecule has 0 amide bonds. The number of aromatic nitrogens is 1. The highest BCUT2D eigenvalue weighted by Crippen LogP contribution is 2.16. The van der Waals surface area contributed by atoms with Gasteiger partial charge in [-0.3, -0.25) is 0 Å². The van der Waals surface area contributed by atoms with Gasteiger partial charge >= 0.3 is 5.97 Å². The van der Waals surface area contributed by atoms with Gasteiger partial charge in [-0.2, -0.15) is 0 Å². The number of aryl methyl sites for hydroxylation is 1. The molecule has 1 aromatic heterocycles. The average Bonchev–Trinajstić information content (AvgIpc) is 2.84. The summed E-state index contributed by atoms with van der Waals surface area (Å²) in [5, 5.41) is 0. The second-order valence-corrected chi connectivity index (χ2v) is 5.02. The van der Waals surface area contributed by atoms with Gasteiger partial charge < -0.3 is 9.30 Å². The maximum Gasteiger partial charge on any atom is 0.354 e. The molecule has 2 rings (SSSR count). The minimum absolute atomic E-state index is 0.270. The molecule has 0 aliphatic carbocycles. The van der Waals surface area contributed by atoms with Gasteiger partial charge in [-0.1, -0.05) is 36.8 Å². The lowest BCUT2D eigenvalue weighted by Crippen LogP contribution is -2.13. The molecule has 0 bridgehead atoms. The van der Waals surface area contributed by atoms with Crippen LogP contribution in [-0.2, 0) is 17.7 Å². The van der Waals surface area contributed by atoms with Gasteiger partial charge in [0.25, 0.3) is 0 Å². The van der Waals surface area contributed by atoms with Gasteiger partial charge in [-0.15, -0.1) is 0 Å². The summed E-state index contributed by atoms with van der Waals surface area (Å²) in [4.78, 5) is 11.8. The molecule has 0 spiro atoms. The number of hydrogen-bond donors (Lipinski definition) is 0. The zero-order valence-electron chi connectivity index (χ0n) is 12.3. The van der Waals surface area contributed by atoms with Crippen molar-refractivity contribution in [2.75, 3.05) is 7.11 Å². The SMILES string of the molecule is CCCn1c(Cc2ccc(C)cc2)ccc1C(=O)OC. The Labute approximate surface area is 120 Å². The summed E-state index contributed by atoms with van der Waals surface area (Å²) >= 11 is 0. The van der Waals surface area contributed by atoms with E-state index in [2.05, 4.69) is 42.7 Å². The Balaban J connectivity index is 2.29. The molecule has 3 nitrogen and oxygen atoms in total. The van der Waals surface area contributed by atoms with E-state index in [9.17, 15) is 4.79 Å². The van der Waals surface area contributed by atoms with Crippen LogP contribution in [0.15, 0.2) is 36.4 Å². The van der Waals surface area contributed by atoms with Gasteiger partial charge in [-0.25, -0.2) is 4.79 Å². The second-order valence-electron chi connectivity index (χ2n) is 5.02. The Morgan fingerprint density at radius 1 is 1.15 bits per heavy atom. The van der Waals surface area contributed by atoms with Crippen molar-refractivity contribution < 1.29 is 9.53 Å². The summed E-state index contributed by atoms with van der Waals surface area (Å²) in [6.45, 7) is 5.02. The van der Waals surface area contributed by atoms with E-state index in [0.29, 0.717) is 5.69 Å². The fourth-order valence-corrected chi connectivity index (χ4v) is 2.35. The minimum atomic E-state index is -0.270. The van der Waals surface area contributed by atoms with Crippen molar-refractivity contribution in [3.05, 3.63) is 58.9 Å². The molecule has 0 aliphatic rings. The molecule has 0 saturated carbocycles. The summed E-state index contributed by atoms with van der Waals surface area (Å²) in [5.74, 6) is -0.270. The predicted octanol–water partition coefficient (Wildman–Crippen LogP) is 3.58. The summed E-state index contributed by atoms with van der Waals surface area (Å²) < 4.78 is 6.90. The number of esters is 1. The third kappa shape index (κ3) is 3.10. The van der Waals surface area contributed by atoms with Gasteiger partial charge in [-0.05, 0) is 31.0 Å². The third-order valence-corrected chi connectivity index (χ3v) is 3.42. The lowest BCUT2D eigenvalue weighted by molar-refractivity contribution is 0.0588.